The molecule has 1 aromatic heterocycles. The molecule has 0 aliphatic carbocycles. The summed E-state index contributed by atoms with van der Waals surface area (Å²) in [6.45, 7) is 3.13. The molecule has 6 heteroatoms. The number of pyridine rings is 1. The lowest BCUT2D eigenvalue weighted by Crippen LogP contribution is -2.33. The summed E-state index contributed by atoms with van der Waals surface area (Å²) in [6, 6.07) is 11.8. The summed E-state index contributed by atoms with van der Waals surface area (Å²) in [4.78, 5) is 19.2. The molecule has 1 atom stereocenters. The highest BCUT2D eigenvalue weighted by Gasteiger charge is 2.32. The Hall–Kier alpha value is -3.15. The molecule has 0 spiro atoms. The number of halogens is 1. The summed E-state index contributed by atoms with van der Waals surface area (Å²) in [7, 11) is 1.62. The van der Waals surface area contributed by atoms with Gasteiger partial charge in [-0.3, -0.25) is 9.78 Å². The van der Waals surface area contributed by atoms with Gasteiger partial charge in [-0.15, -0.1) is 0 Å². The first-order valence-corrected chi connectivity index (χ1v) is 9.29. The van der Waals surface area contributed by atoms with E-state index >= 15 is 0 Å². The fourth-order valence-corrected chi connectivity index (χ4v) is 3.67. The van der Waals surface area contributed by atoms with Crippen molar-refractivity contribution >= 4 is 22.5 Å². The maximum Gasteiger partial charge on any atom is 0.245 e. The predicted molar refractivity (Wildman–Crippen MR) is 107 cm³/mol. The van der Waals surface area contributed by atoms with Crippen LogP contribution in [0.3, 0.4) is 0 Å². The minimum atomic E-state index is -0.295. The standard InChI is InChI=1S/C22H22FN3O2/c1-14-12-24-21-17(4-3-5-19(21)28-2)20(14)25-18-10-11-26(22(18)27)13-15-6-8-16(23)9-7-15/h3-9,12,18H,10-11,13H2,1-2H3,(H,24,25). The summed E-state index contributed by atoms with van der Waals surface area (Å²) < 4.78 is 18.5. The maximum absolute atomic E-state index is 13.1. The minimum Gasteiger partial charge on any atom is -0.494 e. The third-order valence-electron chi connectivity index (χ3n) is 5.17. The molecule has 2 aromatic carbocycles. The van der Waals surface area contributed by atoms with Crippen LogP contribution in [0.4, 0.5) is 10.1 Å². The van der Waals surface area contributed by atoms with Gasteiger partial charge in [0.2, 0.25) is 5.91 Å². The zero-order valence-corrected chi connectivity index (χ0v) is 15.9. The molecule has 1 amide bonds. The Kier molecular flexibility index (Phi) is 4.86. The molecule has 1 N–H and O–H groups in total. The molecule has 1 fully saturated rings. The molecule has 144 valence electrons. The van der Waals surface area contributed by atoms with Crippen molar-refractivity contribution in [2.24, 2.45) is 0 Å². The monoisotopic (exact) mass is 379 g/mol. The van der Waals surface area contributed by atoms with Crippen molar-refractivity contribution in [1.82, 2.24) is 9.88 Å². The van der Waals surface area contributed by atoms with Crippen LogP contribution in [0.15, 0.2) is 48.7 Å². The van der Waals surface area contributed by atoms with Crippen molar-refractivity contribution < 1.29 is 13.9 Å². The summed E-state index contributed by atoms with van der Waals surface area (Å²) in [6.07, 6.45) is 2.51. The van der Waals surface area contributed by atoms with E-state index in [2.05, 4.69) is 10.3 Å². The molecule has 28 heavy (non-hydrogen) atoms. The number of hydrogen-bond acceptors (Lipinski definition) is 4. The lowest BCUT2D eigenvalue weighted by Gasteiger charge is -2.19. The minimum absolute atomic E-state index is 0.0524. The largest absolute Gasteiger partial charge is 0.494 e. The van der Waals surface area contributed by atoms with Crippen molar-refractivity contribution in [3.05, 3.63) is 65.6 Å². The Morgan fingerprint density at radius 1 is 1.25 bits per heavy atom. The number of anilines is 1. The van der Waals surface area contributed by atoms with Gasteiger partial charge in [0.05, 0.1) is 7.11 Å². The number of amides is 1. The fraction of sp³-hybridized carbons (Fsp3) is 0.273. The number of nitrogens with zero attached hydrogens (tertiary/aromatic N) is 2. The molecule has 5 nitrogen and oxygen atoms in total. The van der Waals surface area contributed by atoms with Gasteiger partial charge >= 0.3 is 0 Å². The number of carbonyl (C=O) groups excluding carboxylic acids is 1. The third-order valence-corrected chi connectivity index (χ3v) is 5.17. The van der Waals surface area contributed by atoms with Crippen LogP contribution in [0.1, 0.15) is 17.5 Å². The molecule has 1 unspecified atom stereocenters. The molecule has 1 aliphatic heterocycles. The number of para-hydroxylation sites is 1. The molecule has 1 aliphatic rings. The number of likely N-dealkylation sites (tertiary alicyclic amines) is 1. The Balaban J connectivity index is 1.56. The SMILES string of the molecule is COc1cccc2c(NC3CCN(Cc4ccc(F)cc4)C3=O)c(C)cnc12. The number of nitrogens with one attached hydrogen (secondary N) is 1. The van der Waals surface area contributed by atoms with E-state index in [4.69, 9.17) is 4.74 Å². The molecule has 0 radical (unpaired) electrons. The lowest BCUT2D eigenvalue weighted by molar-refractivity contribution is -0.128. The molecular formula is C22H22FN3O2. The molecular weight excluding hydrogens is 357 g/mol. The first kappa shape index (κ1) is 18.2. The Morgan fingerprint density at radius 3 is 2.79 bits per heavy atom. The summed E-state index contributed by atoms with van der Waals surface area (Å²) in [5, 5.41) is 4.37. The molecule has 1 saturated heterocycles. The van der Waals surface area contributed by atoms with Crippen LogP contribution in [0.5, 0.6) is 5.75 Å². The maximum atomic E-state index is 13.1. The van der Waals surface area contributed by atoms with Gasteiger partial charge in [-0.25, -0.2) is 4.39 Å². The number of ether oxygens (including phenoxy) is 1. The van der Waals surface area contributed by atoms with E-state index in [1.54, 1.807) is 25.4 Å². The van der Waals surface area contributed by atoms with Crippen molar-refractivity contribution in [2.75, 3.05) is 19.0 Å². The topological polar surface area (TPSA) is 54.5 Å². The van der Waals surface area contributed by atoms with Gasteiger partial charge < -0.3 is 15.0 Å². The zero-order valence-electron chi connectivity index (χ0n) is 15.9. The van der Waals surface area contributed by atoms with Gasteiger partial charge in [-0.05, 0) is 42.7 Å². The highest BCUT2D eigenvalue weighted by atomic mass is 19.1. The average Bonchev–Trinajstić information content (AvgIpc) is 3.04. The molecule has 4 rings (SSSR count). The van der Waals surface area contributed by atoms with E-state index in [1.165, 1.54) is 12.1 Å². The van der Waals surface area contributed by atoms with Crippen molar-refractivity contribution in [3.8, 4) is 5.75 Å². The fourth-order valence-electron chi connectivity index (χ4n) is 3.67. The van der Waals surface area contributed by atoms with Crippen LogP contribution in [0.2, 0.25) is 0 Å². The highest BCUT2D eigenvalue weighted by molar-refractivity contribution is 5.98. The number of aromatic nitrogens is 1. The number of methoxy groups -OCH3 is 1. The Bertz CT molecular complexity index is 1020. The number of benzene rings is 2. The number of hydrogen-bond donors (Lipinski definition) is 1. The van der Waals surface area contributed by atoms with Crippen LogP contribution in [0.25, 0.3) is 10.9 Å². The van der Waals surface area contributed by atoms with Gasteiger partial charge in [-0.1, -0.05) is 24.3 Å². The van der Waals surface area contributed by atoms with Crippen LogP contribution >= 0.6 is 0 Å². The lowest BCUT2D eigenvalue weighted by atomic mass is 10.1. The Labute approximate surface area is 163 Å². The van der Waals surface area contributed by atoms with Gasteiger partial charge in [0.1, 0.15) is 23.1 Å². The molecule has 2 heterocycles. The van der Waals surface area contributed by atoms with Gasteiger partial charge in [0.15, 0.2) is 0 Å². The van der Waals surface area contributed by atoms with Crippen LogP contribution in [-0.2, 0) is 11.3 Å². The summed E-state index contributed by atoms with van der Waals surface area (Å²) in [5.41, 5.74) is 3.58. The highest BCUT2D eigenvalue weighted by Crippen LogP contribution is 2.32. The van der Waals surface area contributed by atoms with Crippen molar-refractivity contribution in [1.29, 1.82) is 0 Å². The summed E-state index contributed by atoms with van der Waals surface area (Å²) >= 11 is 0. The third kappa shape index (κ3) is 3.38. The molecule has 0 saturated carbocycles. The second kappa shape index (κ2) is 7.46. The smallest absolute Gasteiger partial charge is 0.245 e. The quantitative estimate of drug-likeness (QED) is 0.730. The first-order valence-electron chi connectivity index (χ1n) is 9.29. The van der Waals surface area contributed by atoms with Gasteiger partial charge in [0.25, 0.3) is 0 Å². The second-order valence-corrected chi connectivity index (χ2v) is 7.04. The zero-order chi connectivity index (χ0) is 19.7. The van der Waals surface area contributed by atoms with E-state index in [-0.39, 0.29) is 17.8 Å². The number of aryl methyl sites for hydroxylation is 1. The number of rotatable bonds is 5. The van der Waals surface area contributed by atoms with E-state index in [1.807, 2.05) is 30.0 Å². The van der Waals surface area contributed by atoms with E-state index in [0.29, 0.717) is 25.3 Å². The van der Waals surface area contributed by atoms with E-state index in [9.17, 15) is 9.18 Å². The van der Waals surface area contributed by atoms with Crippen LogP contribution < -0.4 is 10.1 Å². The molecule has 0 bridgehead atoms. The van der Waals surface area contributed by atoms with E-state index < -0.39 is 0 Å². The van der Waals surface area contributed by atoms with Gasteiger partial charge in [-0.2, -0.15) is 0 Å². The average molecular weight is 379 g/mol. The number of fused-ring (bicyclic) bond motifs is 1. The van der Waals surface area contributed by atoms with Crippen molar-refractivity contribution in [2.45, 2.75) is 25.9 Å². The first-order chi connectivity index (χ1) is 13.6. The second-order valence-electron chi connectivity index (χ2n) is 7.04. The predicted octanol–water partition coefficient (Wildman–Crippen LogP) is 3.90. The Morgan fingerprint density at radius 2 is 2.04 bits per heavy atom. The number of carbonyl (C=O) groups is 1. The van der Waals surface area contributed by atoms with E-state index in [0.717, 1.165) is 27.7 Å². The van der Waals surface area contributed by atoms with Gasteiger partial charge in [0, 0.05) is 30.4 Å². The summed E-state index contributed by atoms with van der Waals surface area (Å²) in [5.74, 6) is 0.485. The van der Waals surface area contributed by atoms with Crippen molar-refractivity contribution in [3.63, 3.8) is 0 Å². The van der Waals surface area contributed by atoms with Crippen LogP contribution in [0, 0.1) is 12.7 Å². The van der Waals surface area contributed by atoms with Crippen LogP contribution in [-0.4, -0.2) is 35.5 Å². The normalized spacial score (nSPS) is 16.6. The molecule has 3 aromatic rings.